The molecule has 0 amide bonds. The Hall–Kier alpha value is -2.27. The fraction of sp³-hybridized carbons (Fsp3) is 0.214. The molecule has 0 bridgehead atoms. The van der Waals surface area contributed by atoms with Crippen molar-refractivity contribution >= 4 is 16.7 Å². The molecule has 1 atom stereocenters. The molecule has 2 aromatic carbocycles. The van der Waals surface area contributed by atoms with Crippen LogP contribution >= 0.6 is 0 Å². The second-order valence-corrected chi connectivity index (χ2v) is 4.06. The van der Waals surface area contributed by atoms with Crippen molar-refractivity contribution in [2.45, 2.75) is 6.04 Å². The van der Waals surface area contributed by atoms with E-state index in [1.165, 1.54) is 14.2 Å². The standard InChI is InChI=1S/C14H15NO4/c1-18-11-7-10(12(15)14(16)17)13(19-2)9-6-4-3-5-8(9)11/h3-7,12H,15H2,1-2H3,(H,16,17). The van der Waals surface area contributed by atoms with Crippen LogP contribution in [0.1, 0.15) is 11.6 Å². The molecule has 3 N–H and O–H groups in total. The van der Waals surface area contributed by atoms with Crippen molar-refractivity contribution in [1.29, 1.82) is 0 Å². The van der Waals surface area contributed by atoms with Crippen LogP contribution in [0.25, 0.3) is 10.8 Å². The van der Waals surface area contributed by atoms with Crippen molar-refractivity contribution < 1.29 is 19.4 Å². The third-order valence-corrected chi connectivity index (χ3v) is 3.01. The van der Waals surface area contributed by atoms with Gasteiger partial charge in [0.1, 0.15) is 17.5 Å². The zero-order valence-corrected chi connectivity index (χ0v) is 10.7. The number of hydrogen-bond donors (Lipinski definition) is 2. The van der Waals surface area contributed by atoms with Crippen LogP contribution in [0.15, 0.2) is 30.3 Å². The molecular formula is C14H15NO4. The van der Waals surface area contributed by atoms with E-state index in [0.717, 1.165) is 10.8 Å². The van der Waals surface area contributed by atoms with E-state index in [-0.39, 0.29) is 0 Å². The summed E-state index contributed by atoms with van der Waals surface area (Å²) in [5.74, 6) is -0.0787. The number of aliphatic carboxylic acids is 1. The topological polar surface area (TPSA) is 81.8 Å². The van der Waals surface area contributed by atoms with Gasteiger partial charge in [0, 0.05) is 16.3 Å². The number of methoxy groups -OCH3 is 2. The predicted octanol–water partition coefficient (Wildman–Crippen LogP) is 1.94. The number of benzene rings is 2. The van der Waals surface area contributed by atoms with E-state index in [1.807, 2.05) is 24.3 Å². The Morgan fingerprint density at radius 3 is 2.37 bits per heavy atom. The third kappa shape index (κ3) is 2.20. The molecule has 0 saturated heterocycles. The van der Waals surface area contributed by atoms with Crippen molar-refractivity contribution in [3.63, 3.8) is 0 Å². The molecule has 100 valence electrons. The Bertz CT molecular complexity index is 624. The zero-order valence-electron chi connectivity index (χ0n) is 10.7. The lowest BCUT2D eigenvalue weighted by molar-refractivity contribution is -0.138. The first-order valence-corrected chi connectivity index (χ1v) is 5.72. The lowest BCUT2D eigenvalue weighted by Crippen LogP contribution is -2.21. The number of hydrogen-bond acceptors (Lipinski definition) is 4. The Kier molecular flexibility index (Phi) is 3.57. The summed E-state index contributed by atoms with van der Waals surface area (Å²) < 4.78 is 10.6. The molecule has 19 heavy (non-hydrogen) atoms. The monoisotopic (exact) mass is 261 g/mol. The molecule has 0 aromatic heterocycles. The van der Waals surface area contributed by atoms with Crippen LogP contribution in [0.3, 0.4) is 0 Å². The number of nitrogens with two attached hydrogens (primary N) is 1. The maximum atomic E-state index is 11.1. The van der Waals surface area contributed by atoms with E-state index in [1.54, 1.807) is 6.07 Å². The van der Waals surface area contributed by atoms with Crippen LogP contribution in [0.4, 0.5) is 0 Å². The number of carboxylic acids is 1. The quantitative estimate of drug-likeness (QED) is 0.879. The van der Waals surface area contributed by atoms with Gasteiger partial charge in [-0.25, -0.2) is 0 Å². The summed E-state index contributed by atoms with van der Waals surface area (Å²) in [5.41, 5.74) is 6.09. The minimum Gasteiger partial charge on any atom is -0.496 e. The maximum Gasteiger partial charge on any atom is 0.325 e. The number of carboxylic acid groups (broad SMARTS) is 1. The molecule has 0 aliphatic carbocycles. The van der Waals surface area contributed by atoms with Gasteiger partial charge in [-0.15, -0.1) is 0 Å². The maximum absolute atomic E-state index is 11.1. The second-order valence-electron chi connectivity index (χ2n) is 4.06. The number of fused-ring (bicyclic) bond motifs is 1. The van der Waals surface area contributed by atoms with E-state index in [0.29, 0.717) is 17.1 Å². The first-order valence-electron chi connectivity index (χ1n) is 5.72. The summed E-state index contributed by atoms with van der Waals surface area (Å²) in [7, 11) is 3.02. The lowest BCUT2D eigenvalue weighted by atomic mass is 9.99. The Morgan fingerprint density at radius 2 is 1.84 bits per heavy atom. The van der Waals surface area contributed by atoms with E-state index >= 15 is 0 Å². The lowest BCUT2D eigenvalue weighted by Gasteiger charge is -2.17. The molecule has 0 radical (unpaired) electrons. The summed E-state index contributed by atoms with van der Waals surface area (Å²) in [4.78, 5) is 11.1. The van der Waals surface area contributed by atoms with Crippen molar-refractivity contribution in [2.75, 3.05) is 14.2 Å². The van der Waals surface area contributed by atoms with Crippen molar-refractivity contribution in [1.82, 2.24) is 0 Å². The van der Waals surface area contributed by atoms with Crippen LogP contribution < -0.4 is 15.2 Å². The number of rotatable bonds is 4. The smallest absolute Gasteiger partial charge is 0.325 e. The van der Waals surface area contributed by atoms with Gasteiger partial charge in [0.2, 0.25) is 0 Å². The van der Waals surface area contributed by atoms with Gasteiger partial charge >= 0.3 is 5.97 Å². The van der Waals surface area contributed by atoms with Gasteiger partial charge in [-0.2, -0.15) is 0 Å². The molecule has 0 aliphatic rings. The normalized spacial score (nSPS) is 12.2. The first kappa shape index (κ1) is 13.2. The van der Waals surface area contributed by atoms with Gasteiger partial charge in [0.15, 0.2) is 0 Å². The fourth-order valence-electron chi connectivity index (χ4n) is 2.10. The molecule has 0 aliphatic heterocycles. The van der Waals surface area contributed by atoms with Gasteiger partial charge in [-0.1, -0.05) is 24.3 Å². The third-order valence-electron chi connectivity index (χ3n) is 3.01. The van der Waals surface area contributed by atoms with Crippen molar-refractivity contribution in [3.05, 3.63) is 35.9 Å². The van der Waals surface area contributed by atoms with Gasteiger partial charge in [0.05, 0.1) is 14.2 Å². The second kappa shape index (κ2) is 5.16. The van der Waals surface area contributed by atoms with Gasteiger partial charge in [-0.3, -0.25) is 4.79 Å². The summed E-state index contributed by atoms with van der Waals surface area (Å²) in [6.07, 6.45) is 0. The van der Waals surface area contributed by atoms with E-state index in [4.69, 9.17) is 20.3 Å². The molecule has 0 saturated carbocycles. The number of carbonyl (C=O) groups is 1. The molecule has 5 nitrogen and oxygen atoms in total. The first-order chi connectivity index (χ1) is 9.10. The van der Waals surface area contributed by atoms with Crippen LogP contribution in [0, 0.1) is 0 Å². The molecule has 0 spiro atoms. The molecule has 5 heteroatoms. The average Bonchev–Trinajstić information content (AvgIpc) is 2.44. The minimum atomic E-state index is -1.16. The van der Waals surface area contributed by atoms with Crippen LogP contribution in [0.2, 0.25) is 0 Å². The van der Waals surface area contributed by atoms with E-state index in [9.17, 15) is 4.79 Å². The molecular weight excluding hydrogens is 246 g/mol. The highest BCUT2D eigenvalue weighted by molar-refractivity contribution is 5.96. The van der Waals surface area contributed by atoms with Gasteiger partial charge in [-0.05, 0) is 6.07 Å². The number of ether oxygens (including phenoxy) is 2. The molecule has 0 fully saturated rings. The predicted molar refractivity (Wildman–Crippen MR) is 71.6 cm³/mol. The van der Waals surface area contributed by atoms with Crippen LogP contribution in [0.5, 0.6) is 11.5 Å². The SMILES string of the molecule is COc1cc(C(N)C(=O)O)c(OC)c2ccccc12. The largest absolute Gasteiger partial charge is 0.496 e. The summed E-state index contributed by atoms with van der Waals surface area (Å²) in [6, 6.07) is 7.90. The van der Waals surface area contributed by atoms with Crippen LogP contribution in [-0.2, 0) is 4.79 Å². The van der Waals surface area contributed by atoms with Crippen molar-refractivity contribution in [3.8, 4) is 11.5 Å². The van der Waals surface area contributed by atoms with E-state index < -0.39 is 12.0 Å². The molecule has 1 unspecified atom stereocenters. The van der Waals surface area contributed by atoms with Gasteiger partial charge in [0.25, 0.3) is 0 Å². The molecule has 2 rings (SSSR count). The Morgan fingerprint density at radius 1 is 1.21 bits per heavy atom. The Balaban J connectivity index is 2.80. The highest BCUT2D eigenvalue weighted by Crippen LogP contribution is 2.38. The minimum absolute atomic E-state index is 0.394. The summed E-state index contributed by atoms with van der Waals surface area (Å²) in [6.45, 7) is 0. The summed E-state index contributed by atoms with van der Waals surface area (Å²) in [5, 5.41) is 10.7. The fourth-order valence-corrected chi connectivity index (χ4v) is 2.10. The zero-order chi connectivity index (χ0) is 14.0. The Labute approximate surface area is 110 Å². The van der Waals surface area contributed by atoms with Crippen LogP contribution in [-0.4, -0.2) is 25.3 Å². The van der Waals surface area contributed by atoms with E-state index in [2.05, 4.69) is 0 Å². The molecule has 2 aromatic rings. The van der Waals surface area contributed by atoms with Crippen molar-refractivity contribution in [2.24, 2.45) is 5.73 Å². The summed E-state index contributed by atoms with van der Waals surface area (Å²) >= 11 is 0. The average molecular weight is 261 g/mol. The van der Waals surface area contributed by atoms with Gasteiger partial charge < -0.3 is 20.3 Å². The highest BCUT2D eigenvalue weighted by Gasteiger charge is 2.22. The molecule has 0 heterocycles. The highest BCUT2D eigenvalue weighted by atomic mass is 16.5.